The largest absolute Gasteiger partial charge is 0.123 e. The molecule has 4 fully saturated rings. The molecule has 4 aliphatic rings. The van der Waals surface area contributed by atoms with E-state index in [0.717, 1.165) is 41.4 Å². The van der Waals surface area contributed by atoms with Crippen LogP contribution in [0.3, 0.4) is 0 Å². The van der Waals surface area contributed by atoms with Gasteiger partial charge in [-0.2, -0.15) is 0 Å². The van der Waals surface area contributed by atoms with Gasteiger partial charge >= 0.3 is 0 Å². The van der Waals surface area contributed by atoms with Crippen LogP contribution in [0.4, 0.5) is 0 Å². The van der Waals surface area contributed by atoms with Gasteiger partial charge in [0, 0.05) is 5.38 Å². The summed E-state index contributed by atoms with van der Waals surface area (Å²) in [5.74, 6) is 7.36. The second-order valence-corrected chi connectivity index (χ2v) is 7.00. The molecule has 0 aromatic rings. The van der Waals surface area contributed by atoms with E-state index in [2.05, 4.69) is 6.92 Å². The molecule has 0 radical (unpaired) electrons. The van der Waals surface area contributed by atoms with Gasteiger partial charge in [0.05, 0.1) is 0 Å². The fraction of sp³-hybridized carbons (Fsp3) is 1.00. The highest BCUT2D eigenvalue weighted by atomic mass is 35.5. The number of alkyl halides is 1. The molecule has 0 aromatic heterocycles. The Balaban J connectivity index is 1.72. The summed E-state index contributed by atoms with van der Waals surface area (Å²) in [6.07, 6.45) is 5.93. The van der Waals surface area contributed by atoms with Crippen molar-refractivity contribution in [3.05, 3.63) is 0 Å². The lowest BCUT2D eigenvalue weighted by molar-refractivity contribution is 0.114. The van der Waals surface area contributed by atoms with Gasteiger partial charge in [-0.15, -0.1) is 11.6 Å². The zero-order valence-electron chi connectivity index (χ0n) is 8.83. The number of hydrogen-bond donors (Lipinski definition) is 0. The van der Waals surface area contributed by atoms with Gasteiger partial charge in [-0.3, -0.25) is 0 Å². The van der Waals surface area contributed by atoms with Gasteiger partial charge in [0.1, 0.15) is 0 Å². The molecule has 0 aromatic carbocycles. The Labute approximate surface area is 91.4 Å². The highest BCUT2D eigenvalue weighted by molar-refractivity contribution is 6.21. The van der Waals surface area contributed by atoms with E-state index in [1.54, 1.807) is 6.42 Å². The molecule has 8 atom stereocenters. The van der Waals surface area contributed by atoms with E-state index in [9.17, 15) is 0 Å². The number of fused-ring (bicyclic) bond motifs is 9. The standard InChI is InChI=1S/C13H19Cl/c1-6-2-7-3-9(6)12-8-4-10(13(7)12)11(14)5-8/h6-13H,2-5H2,1H3. The molecule has 78 valence electrons. The minimum Gasteiger partial charge on any atom is -0.123 e. The summed E-state index contributed by atoms with van der Waals surface area (Å²) in [5.41, 5.74) is 0. The summed E-state index contributed by atoms with van der Waals surface area (Å²) in [7, 11) is 0. The van der Waals surface area contributed by atoms with Gasteiger partial charge in [-0.25, -0.2) is 0 Å². The van der Waals surface area contributed by atoms with Crippen molar-refractivity contribution in [1.82, 2.24) is 0 Å². The molecular weight excluding hydrogens is 192 g/mol. The molecule has 4 saturated carbocycles. The van der Waals surface area contributed by atoms with Crippen LogP contribution in [0.5, 0.6) is 0 Å². The molecule has 4 bridgehead atoms. The summed E-state index contributed by atoms with van der Waals surface area (Å²) in [5, 5.41) is 0.552. The van der Waals surface area contributed by atoms with Gasteiger partial charge in [-0.05, 0) is 67.1 Å². The molecule has 0 N–H and O–H groups in total. The Kier molecular flexibility index (Phi) is 1.51. The Hall–Kier alpha value is 0.290. The maximum Gasteiger partial charge on any atom is 0.0370 e. The van der Waals surface area contributed by atoms with Crippen molar-refractivity contribution in [1.29, 1.82) is 0 Å². The van der Waals surface area contributed by atoms with E-state index in [1.165, 1.54) is 19.3 Å². The van der Waals surface area contributed by atoms with E-state index in [0.29, 0.717) is 5.38 Å². The van der Waals surface area contributed by atoms with Crippen molar-refractivity contribution in [2.45, 2.75) is 38.0 Å². The maximum atomic E-state index is 6.45. The van der Waals surface area contributed by atoms with Crippen molar-refractivity contribution >= 4 is 11.6 Å². The first-order valence-electron chi connectivity index (χ1n) is 6.39. The van der Waals surface area contributed by atoms with Gasteiger partial charge in [0.2, 0.25) is 0 Å². The van der Waals surface area contributed by atoms with E-state index in [-0.39, 0.29) is 0 Å². The third kappa shape index (κ3) is 0.799. The fourth-order valence-corrected chi connectivity index (χ4v) is 6.35. The third-order valence-corrected chi connectivity index (χ3v) is 6.57. The Bertz CT molecular complexity index is 246. The predicted octanol–water partition coefficient (Wildman–Crippen LogP) is 3.54. The first kappa shape index (κ1) is 8.44. The molecule has 0 nitrogen and oxygen atoms in total. The SMILES string of the molecule is CC1CC2CC1C1C3CC(Cl)C(C3)C21. The van der Waals surface area contributed by atoms with Crippen LogP contribution in [0.25, 0.3) is 0 Å². The summed E-state index contributed by atoms with van der Waals surface area (Å²) < 4.78 is 0. The molecule has 14 heavy (non-hydrogen) atoms. The summed E-state index contributed by atoms with van der Waals surface area (Å²) in [4.78, 5) is 0. The molecule has 0 spiro atoms. The molecule has 0 amide bonds. The molecule has 1 heteroatoms. The van der Waals surface area contributed by atoms with E-state index in [4.69, 9.17) is 11.6 Å². The molecule has 0 aliphatic heterocycles. The van der Waals surface area contributed by atoms with E-state index < -0.39 is 0 Å². The van der Waals surface area contributed by atoms with Gasteiger partial charge in [-0.1, -0.05) is 6.92 Å². The van der Waals surface area contributed by atoms with Crippen molar-refractivity contribution in [3.63, 3.8) is 0 Å². The lowest BCUT2D eigenvalue weighted by Crippen LogP contribution is -2.35. The molecule has 4 rings (SSSR count). The van der Waals surface area contributed by atoms with Crippen LogP contribution in [0.2, 0.25) is 0 Å². The topological polar surface area (TPSA) is 0 Å². The Morgan fingerprint density at radius 3 is 2.36 bits per heavy atom. The van der Waals surface area contributed by atoms with Crippen LogP contribution >= 0.6 is 11.6 Å². The maximum absolute atomic E-state index is 6.45. The van der Waals surface area contributed by atoms with Crippen LogP contribution in [0.15, 0.2) is 0 Å². The van der Waals surface area contributed by atoms with E-state index in [1.807, 2.05) is 0 Å². The predicted molar refractivity (Wildman–Crippen MR) is 58.2 cm³/mol. The van der Waals surface area contributed by atoms with Crippen LogP contribution in [0, 0.1) is 41.4 Å². The quantitative estimate of drug-likeness (QED) is 0.424. The first-order valence-corrected chi connectivity index (χ1v) is 6.83. The summed E-state index contributed by atoms with van der Waals surface area (Å²) in [6, 6.07) is 0. The fourth-order valence-electron chi connectivity index (χ4n) is 5.85. The average Bonchev–Trinajstić information content (AvgIpc) is 2.78. The minimum absolute atomic E-state index is 0.552. The summed E-state index contributed by atoms with van der Waals surface area (Å²) in [6.45, 7) is 2.49. The molecule has 0 heterocycles. The van der Waals surface area contributed by atoms with Gasteiger partial charge in [0.25, 0.3) is 0 Å². The van der Waals surface area contributed by atoms with Crippen molar-refractivity contribution in [2.75, 3.05) is 0 Å². The lowest BCUT2D eigenvalue weighted by atomic mass is 9.68. The van der Waals surface area contributed by atoms with Crippen molar-refractivity contribution < 1.29 is 0 Å². The third-order valence-electron chi connectivity index (χ3n) is 6.07. The average molecular weight is 211 g/mol. The lowest BCUT2D eigenvalue weighted by Gasteiger charge is -2.39. The second-order valence-electron chi connectivity index (χ2n) is 6.44. The van der Waals surface area contributed by atoms with Crippen LogP contribution in [-0.4, -0.2) is 5.38 Å². The summed E-state index contributed by atoms with van der Waals surface area (Å²) >= 11 is 6.45. The zero-order valence-corrected chi connectivity index (χ0v) is 9.58. The van der Waals surface area contributed by atoms with Crippen molar-refractivity contribution in [2.24, 2.45) is 41.4 Å². The molecule has 4 aliphatic carbocycles. The van der Waals surface area contributed by atoms with Crippen LogP contribution < -0.4 is 0 Å². The minimum atomic E-state index is 0.552. The smallest absolute Gasteiger partial charge is 0.0370 e. The number of hydrogen-bond acceptors (Lipinski definition) is 0. The van der Waals surface area contributed by atoms with Gasteiger partial charge < -0.3 is 0 Å². The normalized spacial score (nSPS) is 69.0. The monoisotopic (exact) mass is 210 g/mol. The van der Waals surface area contributed by atoms with Crippen LogP contribution in [0.1, 0.15) is 32.6 Å². The highest BCUT2D eigenvalue weighted by Gasteiger charge is 2.63. The highest BCUT2D eigenvalue weighted by Crippen LogP contribution is 2.69. The Morgan fingerprint density at radius 2 is 1.50 bits per heavy atom. The zero-order chi connectivity index (χ0) is 9.45. The first-order chi connectivity index (χ1) is 6.75. The van der Waals surface area contributed by atoms with Crippen LogP contribution in [-0.2, 0) is 0 Å². The van der Waals surface area contributed by atoms with E-state index >= 15 is 0 Å². The molecule has 8 unspecified atom stereocenters. The molecular formula is C13H19Cl. The Morgan fingerprint density at radius 1 is 0.857 bits per heavy atom. The second kappa shape index (κ2) is 2.51. The number of rotatable bonds is 0. The number of halogens is 1. The molecule has 0 saturated heterocycles. The van der Waals surface area contributed by atoms with Crippen molar-refractivity contribution in [3.8, 4) is 0 Å². The van der Waals surface area contributed by atoms with Gasteiger partial charge in [0.15, 0.2) is 0 Å².